The first-order chi connectivity index (χ1) is 13.9. The third-order valence-corrected chi connectivity index (χ3v) is 4.89. The number of aromatic amines is 1. The molecule has 0 aliphatic carbocycles. The van der Waals surface area contributed by atoms with Gasteiger partial charge in [0.1, 0.15) is 0 Å². The van der Waals surface area contributed by atoms with Gasteiger partial charge in [0.05, 0.1) is 5.69 Å². The molecular formula is C26H28N2O. The van der Waals surface area contributed by atoms with Crippen LogP contribution in [0.25, 0.3) is 24.3 Å². The molecule has 0 atom stereocenters. The largest absolute Gasteiger partial charge is 0.345 e. The van der Waals surface area contributed by atoms with E-state index >= 15 is 0 Å². The van der Waals surface area contributed by atoms with Gasteiger partial charge in [0.25, 0.3) is 0 Å². The first kappa shape index (κ1) is 20.5. The lowest BCUT2D eigenvalue weighted by Crippen LogP contribution is -2.12. The Balaban J connectivity index is 1.76. The fraction of sp³-hybridized carbons (Fsp3) is 0.231. The molecule has 0 unspecified atom stereocenters. The summed E-state index contributed by atoms with van der Waals surface area (Å²) in [5.74, 6) is 1.03. The quantitative estimate of drug-likeness (QED) is 0.537. The van der Waals surface area contributed by atoms with Gasteiger partial charge < -0.3 is 4.98 Å². The minimum atomic E-state index is -0.350. The second-order valence-electron chi connectivity index (χ2n) is 7.88. The SMILES string of the molecule is CC(C)c1ccc(/C=C\c2cc(/C=C/c3ccc(C(C)C)cc3)nc(=O)[nH]2)cc1. The fourth-order valence-corrected chi connectivity index (χ4v) is 3.02. The zero-order valence-corrected chi connectivity index (χ0v) is 17.5. The van der Waals surface area contributed by atoms with Crippen LogP contribution >= 0.6 is 0 Å². The number of H-pyrrole nitrogens is 1. The predicted octanol–water partition coefficient (Wildman–Crippen LogP) is 6.36. The Labute approximate surface area is 172 Å². The maximum atomic E-state index is 11.9. The molecule has 1 aromatic heterocycles. The fourth-order valence-electron chi connectivity index (χ4n) is 3.02. The molecule has 29 heavy (non-hydrogen) atoms. The van der Waals surface area contributed by atoms with Crippen molar-refractivity contribution in [2.75, 3.05) is 0 Å². The van der Waals surface area contributed by atoms with Crippen LogP contribution in [0.3, 0.4) is 0 Å². The number of nitrogens with one attached hydrogen (secondary N) is 1. The summed E-state index contributed by atoms with van der Waals surface area (Å²) in [5.41, 5.74) is 5.81. The second-order valence-corrected chi connectivity index (χ2v) is 7.88. The van der Waals surface area contributed by atoms with E-state index in [4.69, 9.17) is 0 Å². The Morgan fingerprint density at radius 1 is 0.724 bits per heavy atom. The lowest BCUT2D eigenvalue weighted by molar-refractivity contribution is 0.866. The Morgan fingerprint density at radius 2 is 1.21 bits per heavy atom. The summed E-state index contributed by atoms with van der Waals surface area (Å²) in [4.78, 5) is 18.8. The Kier molecular flexibility index (Phi) is 6.61. The lowest BCUT2D eigenvalue weighted by Gasteiger charge is -2.05. The highest BCUT2D eigenvalue weighted by atomic mass is 16.1. The number of benzene rings is 2. The van der Waals surface area contributed by atoms with E-state index in [1.54, 1.807) is 0 Å². The minimum Gasteiger partial charge on any atom is -0.306 e. The molecule has 0 aliphatic heterocycles. The van der Waals surface area contributed by atoms with Crippen molar-refractivity contribution in [2.24, 2.45) is 0 Å². The number of hydrogen-bond donors (Lipinski definition) is 1. The maximum absolute atomic E-state index is 11.9. The Morgan fingerprint density at radius 3 is 1.69 bits per heavy atom. The van der Waals surface area contributed by atoms with Crippen molar-refractivity contribution in [1.82, 2.24) is 9.97 Å². The van der Waals surface area contributed by atoms with Crippen molar-refractivity contribution in [1.29, 1.82) is 0 Å². The van der Waals surface area contributed by atoms with Gasteiger partial charge >= 0.3 is 5.69 Å². The topological polar surface area (TPSA) is 45.8 Å². The average molecular weight is 385 g/mol. The van der Waals surface area contributed by atoms with Crippen LogP contribution in [0.5, 0.6) is 0 Å². The van der Waals surface area contributed by atoms with E-state index in [1.165, 1.54) is 11.1 Å². The van der Waals surface area contributed by atoms with Gasteiger partial charge in [-0.25, -0.2) is 4.79 Å². The first-order valence-corrected chi connectivity index (χ1v) is 10.1. The molecule has 0 aliphatic rings. The van der Waals surface area contributed by atoms with Crippen LogP contribution in [0.4, 0.5) is 0 Å². The summed E-state index contributed by atoms with van der Waals surface area (Å²) in [6.45, 7) is 8.72. The third kappa shape index (κ3) is 5.89. The van der Waals surface area contributed by atoms with Crippen LogP contribution < -0.4 is 5.69 Å². The van der Waals surface area contributed by atoms with Crippen molar-refractivity contribution in [2.45, 2.75) is 39.5 Å². The Bertz CT molecular complexity index is 970. The highest BCUT2D eigenvalue weighted by Gasteiger charge is 2.00. The second kappa shape index (κ2) is 9.33. The van der Waals surface area contributed by atoms with Gasteiger partial charge in [0.15, 0.2) is 0 Å². The van der Waals surface area contributed by atoms with E-state index < -0.39 is 0 Å². The molecule has 0 amide bonds. The van der Waals surface area contributed by atoms with Crippen LogP contribution in [0, 0.1) is 0 Å². The van der Waals surface area contributed by atoms with Crippen molar-refractivity contribution in [3.63, 3.8) is 0 Å². The van der Waals surface area contributed by atoms with Gasteiger partial charge in [-0.3, -0.25) is 0 Å². The molecule has 0 spiro atoms. The molecule has 2 aromatic carbocycles. The van der Waals surface area contributed by atoms with E-state index in [-0.39, 0.29) is 5.69 Å². The van der Waals surface area contributed by atoms with Crippen LogP contribution in [-0.2, 0) is 0 Å². The summed E-state index contributed by atoms with van der Waals surface area (Å²) < 4.78 is 0. The standard InChI is InChI=1S/C26H28N2O/c1-18(2)22-11-5-20(6-12-22)9-15-24-17-25(28-26(29)27-24)16-10-21-7-13-23(14-8-21)19(3)4/h5-19H,1-4H3,(H,27,28,29)/b15-9-,16-10+. The van der Waals surface area contributed by atoms with Crippen LogP contribution in [-0.4, -0.2) is 9.97 Å². The van der Waals surface area contributed by atoms with Gasteiger partial charge in [0.2, 0.25) is 0 Å². The van der Waals surface area contributed by atoms with E-state index in [0.717, 1.165) is 16.8 Å². The zero-order chi connectivity index (χ0) is 20.8. The average Bonchev–Trinajstić information content (AvgIpc) is 2.71. The number of aromatic nitrogens is 2. The molecule has 148 valence electrons. The zero-order valence-electron chi connectivity index (χ0n) is 17.5. The van der Waals surface area contributed by atoms with Crippen molar-refractivity contribution >= 4 is 24.3 Å². The lowest BCUT2D eigenvalue weighted by atomic mass is 10.0. The summed E-state index contributed by atoms with van der Waals surface area (Å²) in [6.07, 6.45) is 7.74. The highest BCUT2D eigenvalue weighted by molar-refractivity contribution is 5.71. The highest BCUT2D eigenvalue weighted by Crippen LogP contribution is 2.17. The monoisotopic (exact) mass is 384 g/mol. The van der Waals surface area contributed by atoms with Gasteiger partial charge in [-0.05, 0) is 52.3 Å². The molecule has 3 aromatic rings. The molecule has 3 heteroatoms. The molecule has 0 saturated carbocycles. The first-order valence-electron chi connectivity index (χ1n) is 10.1. The van der Waals surface area contributed by atoms with Crippen LogP contribution in [0.1, 0.15) is 73.2 Å². The summed E-state index contributed by atoms with van der Waals surface area (Å²) in [6, 6.07) is 18.8. The molecule has 0 bridgehead atoms. The molecule has 3 nitrogen and oxygen atoms in total. The molecular weight excluding hydrogens is 356 g/mol. The minimum absolute atomic E-state index is 0.350. The Hall–Kier alpha value is -3.20. The van der Waals surface area contributed by atoms with Gasteiger partial charge in [-0.15, -0.1) is 0 Å². The summed E-state index contributed by atoms with van der Waals surface area (Å²) in [5, 5.41) is 0. The van der Waals surface area contributed by atoms with Gasteiger partial charge in [-0.1, -0.05) is 88.4 Å². The number of nitrogens with zero attached hydrogens (tertiary/aromatic N) is 1. The third-order valence-electron chi connectivity index (χ3n) is 4.89. The normalized spacial score (nSPS) is 11.9. The number of hydrogen-bond acceptors (Lipinski definition) is 2. The van der Waals surface area contributed by atoms with Gasteiger partial charge in [0, 0.05) is 5.69 Å². The van der Waals surface area contributed by atoms with Gasteiger partial charge in [-0.2, -0.15) is 4.98 Å². The maximum Gasteiger partial charge on any atom is 0.345 e. The molecule has 1 N–H and O–H groups in total. The molecule has 0 fully saturated rings. The van der Waals surface area contributed by atoms with E-state index in [0.29, 0.717) is 17.5 Å². The number of rotatable bonds is 6. The van der Waals surface area contributed by atoms with Crippen LogP contribution in [0.2, 0.25) is 0 Å². The predicted molar refractivity (Wildman–Crippen MR) is 124 cm³/mol. The van der Waals surface area contributed by atoms with Crippen LogP contribution in [0.15, 0.2) is 59.4 Å². The van der Waals surface area contributed by atoms with Crippen molar-refractivity contribution < 1.29 is 0 Å². The van der Waals surface area contributed by atoms with Crippen molar-refractivity contribution in [3.8, 4) is 0 Å². The van der Waals surface area contributed by atoms with E-state index in [1.807, 2.05) is 30.4 Å². The molecule has 1 heterocycles. The molecule has 0 radical (unpaired) electrons. The van der Waals surface area contributed by atoms with E-state index in [2.05, 4.69) is 86.2 Å². The molecule has 0 saturated heterocycles. The smallest absolute Gasteiger partial charge is 0.306 e. The molecule has 3 rings (SSSR count). The summed E-state index contributed by atoms with van der Waals surface area (Å²) in [7, 11) is 0. The summed E-state index contributed by atoms with van der Waals surface area (Å²) >= 11 is 0. The van der Waals surface area contributed by atoms with E-state index in [9.17, 15) is 4.79 Å². The van der Waals surface area contributed by atoms with Crippen molar-refractivity contribution in [3.05, 3.63) is 98.7 Å².